The smallest absolute Gasteiger partial charge is 0.259 e. The topological polar surface area (TPSA) is 198 Å². The van der Waals surface area contributed by atoms with Crippen molar-refractivity contribution in [2.24, 2.45) is 16.7 Å². The van der Waals surface area contributed by atoms with E-state index in [4.69, 9.17) is 16.3 Å². The second-order valence-electron chi connectivity index (χ2n) is 8.80. The van der Waals surface area contributed by atoms with Crippen molar-refractivity contribution in [1.29, 1.82) is 0 Å². The van der Waals surface area contributed by atoms with E-state index in [0.29, 0.717) is 22.5 Å². The number of rotatable bonds is 6. The summed E-state index contributed by atoms with van der Waals surface area (Å²) in [6, 6.07) is 12.5. The van der Waals surface area contributed by atoms with Crippen molar-refractivity contribution in [3.8, 4) is 0 Å². The third-order valence-corrected chi connectivity index (χ3v) is 7.93. The van der Waals surface area contributed by atoms with Crippen LogP contribution >= 0.6 is 0 Å². The highest BCUT2D eigenvalue weighted by Gasteiger charge is 2.39. The number of morpholine rings is 1. The zero-order valence-corrected chi connectivity index (χ0v) is 21.1. The van der Waals surface area contributed by atoms with Crippen molar-refractivity contribution in [1.82, 2.24) is 4.90 Å². The van der Waals surface area contributed by atoms with Crippen LogP contribution in [-0.4, -0.2) is 91.9 Å². The number of carbonyl (C=O) groups excluding carboxylic acids is 3. The number of nitrogens with two attached hydrogens (primary N) is 2. The van der Waals surface area contributed by atoms with E-state index >= 15 is 0 Å². The SMILES string of the molecule is NN=C(N)c1ccc(NC(=O)[C@H](O)[C@H]2OCCN(c3ccc(C(=O)N4CCS(=O)(=O)CC4)cc3)C2=O)cc1. The van der Waals surface area contributed by atoms with Crippen LogP contribution in [0.3, 0.4) is 0 Å². The molecule has 2 aromatic carbocycles. The predicted octanol–water partition coefficient (Wildman–Crippen LogP) is -1.13. The lowest BCUT2D eigenvalue weighted by atomic mass is 10.1. The lowest BCUT2D eigenvalue weighted by Crippen LogP contribution is -2.55. The molecule has 2 aromatic rings. The van der Waals surface area contributed by atoms with Crippen LogP contribution in [-0.2, 0) is 24.2 Å². The van der Waals surface area contributed by atoms with E-state index in [1.807, 2.05) is 0 Å². The molecule has 13 nitrogen and oxygen atoms in total. The van der Waals surface area contributed by atoms with Gasteiger partial charge in [-0.05, 0) is 48.5 Å². The van der Waals surface area contributed by atoms with Crippen LogP contribution < -0.4 is 21.8 Å². The molecule has 4 rings (SSSR count). The van der Waals surface area contributed by atoms with Crippen molar-refractivity contribution in [3.05, 3.63) is 59.7 Å². The number of nitrogens with zero attached hydrogens (tertiary/aromatic N) is 3. The summed E-state index contributed by atoms with van der Waals surface area (Å²) >= 11 is 0. The van der Waals surface area contributed by atoms with Gasteiger partial charge in [-0.1, -0.05) is 0 Å². The molecule has 38 heavy (non-hydrogen) atoms. The number of hydrazone groups is 1. The van der Waals surface area contributed by atoms with Crippen LogP contribution in [0.4, 0.5) is 11.4 Å². The molecule has 202 valence electrons. The van der Waals surface area contributed by atoms with Crippen LogP contribution in [0.1, 0.15) is 15.9 Å². The summed E-state index contributed by atoms with van der Waals surface area (Å²) in [6.07, 6.45) is -3.21. The third-order valence-electron chi connectivity index (χ3n) is 6.32. The van der Waals surface area contributed by atoms with Gasteiger partial charge in [-0.25, -0.2) is 8.42 Å². The summed E-state index contributed by atoms with van der Waals surface area (Å²) < 4.78 is 28.7. The van der Waals surface area contributed by atoms with Crippen LogP contribution in [0.5, 0.6) is 0 Å². The van der Waals surface area contributed by atoms with E-state index in [0.717, 1.165) is 0 Å². The lowest BCUT2D eigenvalue weighted by molar-refractivity contribution is -0.150. The Kier molecular flexibility index (Phi) is 7.94. The number of benzene rings is 2. The van der Waals surface area contributed by atoms with Crippen LogP contribution in [0.15, 0.2) is 53.6 Å². The molecule has 0 aliphatic carbocycles. The summed E-state index contributed by atoms with van der Waals surface area (Å²) in [5.41, 5.74) is 7.35. The Hall–Kier alpha value is -4.01. The minimum atomic E-state index is -3.11. The molecule has 0 aromatic heterocycles. The molecule has 3 amide bonds. The minimum Gasteiger partial charge on any atom is -0.382 e. The molecule has 2 aliphatic rings. The standard InChI is InChI=1S/C24H28N6O7S/c25-21(28-26)15-1-5-17(6-2-15)27-22(32)19(31)20-24(34)30(9-12-37-20)18-7-3-16(4-8-18)23(33)29-10-13-38(35,36)14-11-29/h1-8,19-20,31H,9-14,26H2,(H2,25,28)(H,27,32)/t19-,20-/m1/s1. The van der Waals surface area contributed by atoms with Gasteiger partial charge in [-0.15, -0.1) is 0 Å². The molecular weight excluding hydrogens is 516 g/mol. The number of amidine groups is 1. The van der Waals surface area contributed by atoms with Crippen LogP contribution in [0, 0.1) is 0 Å². The molecule has 0 bridgehead atoms. The summed E-state index contributed by atoms with van der Waals surface area (Å²) in [7, 11) is -3.11. The second-order valence-corrected chi connectivity index (χ2v) is 11.1. The average molecular weight is 545 g/mol. The fourth-order valence-corrected chi connectivity index (χ4v) is 5.32. The molecule has 2 fully saturated rings. The Morgan fingerprint density at radius 3 is 2.24 bits per heavy atom. The number of nitrogens with one attached hydrogen (secondary N) is 1. The Balaban J connectivity index is 1.39. The maximum Gasteiger partial charge on any atom is 0.259 e. The monoisotopic (exact) mass is 544 g/mol. The van der Waals surface area contributed by atoms with Crippen molar-refractivity contribution < 1.29 is 32.6 Å². The molecule has 14 heteroatoms. The minimum absolute atomic E-state index is 0.0700. The Morgan fingerprint density at radius 1 is 1.03 bits per heavy atom. The molecule has 6 N–H and O–H groups in total. The molecule has 2 saturated heterocycles. The number of anilines is 2. The van der Waals surface area contributed by atoms with E-state index in [9.17, 15) is 27.9 Å². The van der Waals surface area contributed by atoms with E-state index in [2.05, 4.69) is 10.4 Å². The van der Waals surface area contributed by atoms with E-state index in [-0.39, 0.29) is 49.5 Å². The van der Waals surface area contributed by atoms with E-state index < -0.39 is 33.9 Å². The number of sulfone groups is 1. The molecule has 2 aliphatic heterocycles. The van der Waals surface area contributed by atoms with Crippen molar-refractivity contribution >= 4 is 44.8 Å². The van der Waals surface area contributed by atoms with Gasteiger partial charge < -0.3 is 36.5 Å². The summed E-state index contributed by atoms with van der Waals surface area (Å²) in [4.78, 5) is 41.3. The van der Waals surface area contributed by atoms with Crippen LogP contribution in [0.25, 0.3) is 0 Å². The normalized spacial score (nSPS) is 20.6. The van der Waals surface area contributed by atoms with Gasteiger partial charge in [-0.3, -0.25) is 14.4 Å². The van der Waals surface area contributed by atoms with Crippen LogP contribution in [0.2, 0.25) is 0 Å². The molecule has 2 heterocycles. The largest absolute Gasteiger partial charge is 0.382 e. The average Bonchev–Trinajstić information content (AvgIpc) is 2.92. The number of aliphatic hydroxyl groups is 1. The molecule has 0 radical (unpaired) electrons. The highest BCUT2D eigenvalue weighted by Crippen LogP contribution is 2.22. The predicted molar refractivity (Wildman–Crippen MR) is 139 cm³/mol. The van der Waals surface area contributed by atoms with Crippen molar-refractivity contribution in [2.45, 2.75) is 12.2 Å². The van der Waals surface area contributed by atoms with Gasteiger partial charge in [0.2, 0.25) is 0 Å². The van der Waals surface area contributed by atoms with Gasteiger partial charge >= 0.3 is 0 Å². The fraction of sp³-hybridized carbons (Fsp3) is 0.333. The highest BCUT2D eigenvalue weighted by atomic mass is 32.2. The van der Waals surface area contributed by atoms with Crippen molar-refractivity contribution in [2.75, 3.05) is 48.0 Å². The molecule has 2 atom stereocenters. The van der Waals surface area contributed by atoms with Gasteiger partial charge in [-0.2, -0.15) is 5.10 Å². The zero-order valence-electron chi connectivity index (χ0n) is 20.3. The molecular formula is C24H28N6O7S. The van der Waals surface area contributed by atoms with E-state index in [1.54, 1.807) is 48.5 Å². The Labute approximate surface area is 218 Å². The number of amides is 3. The second kappa shape index (κ2) is 11.2. The fourth-order valence-electron chi connectivity index (χ4n) is 4.12. The number of carbonyl (C=O) groups is 3. The summed E-state index contributed by atoms with van der Waals surface area (Å²) in [5, 5.41) is 16.5. The third kappa shape index (κ3) is 5.93. The maximum absolute atomic E-state index is 13.1. The van der Waals surface area contributed by atoms with Gasteiger partial charge in [0.1, 0.15) is 5.84 Å². The first-order valence-electron chi connectivity index (χ1n) is 11.7. The number of aliphatic hydroxyl groups excluding tert-OH is 1. The van der Waals surface area contributed by atoms with Gasteiger partial charge in [0.25, 0.3) is 17.7 Å². The first kappa shape index (κ1) is 27.0. The number of ether oxygens (including phenoxy) is 1. The molecule has 0 spiro atoms. The first-order valence-corrected chi connectivity index (χ1v) is 13.6. The van der Waals surface area contributed by atoms with Gasteiger partial charge in [0.05, 0.1) is 18.1 Å². The summed E-state index contributed by atoms with van der Waals surface area (Å²) in [5.74, 6) is 3.38. The van der Waals surface area contributed by atoms with E-state index in [1.165, 1.54) is 9.80 Å². The zero-order chi connectivity index (χ0) is 27.4. The molecule has 0 unspecified atom stereocenters. The number of hydrogen-bond acceptors (Lipinski definition) is 9. The number of hydrogen-bond donors (Lipinski definition) is 4. The lowest BCUT2D eigenvalue weighted by Gasteiger charge is -2.34. The molecule has 0 saturated carbocycles. The first-order chi connectivity index (χ1) is 18.1. The Morgan fingerprint density at radius 2 is 1.63 bits per heavy atom. The van der Waals surface area contributed by atoms with Gasteiger partial charge in [0.15, 0.2) is 22.0 Å². The van der Waals surface area contributed by atoms with Gasteiger partial charge in [0, 0.05) is 42.1 Å². The van der Waals surface area contributed by atoms with Crippen molar-refractivity contribution in [3.63, 3.8) is 0 Å². The Bertz CT molecular complexity index is 1330. The highest BCUT2D eigenvalue weighted by molar-refractivity contribution is 7.91. The summed E-state index contributed by atoms with van der Waals surface area (Å²) in [6.45, 7) is 0.530. The quantitative estimate of drug-likeness (QED) is 0.150. The maximum atomic E-state index is 13.1.